The van der Waals surface area contributed by atoms with Crippen LogP contribution in [0.2, 0.25) is 0 Å². The van der Waals surface area contributed by atoms with E-state index in [0.717, 1.165) is 18.8 Å². The largest absolute Gasteiger partial charge is 0.490 e. The minimum Gasteiger partial charge on any atom is -0.490 e. The van der Waals surface area contributed by atoms with Crippen molar-refractivity contribution in [1.29, 1.82) is 0 Å². The minimum atomic E-state index is 0.502. The molecule has 1 aromatic carbocycles. The lowest BCUT2D eigenvalue weighted by atomic mass is 10.0. The normalized spacial score (nSPS) is 12.7. The van der Waals surface area contributed by atoms with Gasteiger partial charge < -0.3 is 15.0 Å². The standard InChI is InChI=1S/C17H28N2O/c1-6-11-20-16-9-7-15(8-10-16)12-18-17(14(2)3)13-19(4)5/h6-10,14,17-18H,1,11-13H2,2-5H3. The second-order valence-corrected chi connectivity index (χ2v) is 5.74. The van der Waals surface area contributed by atoms with Crippen molar-refractivity contribution >= 4 is 0 Å². The Kier molecular flexibility index (Phi) is 7.34. The first-order chi connectivity index (χ1) is 9.52. The van der Waals surface area contributed by atoms with Crippen LogP contribution in [-0.2, 0) is 6.54 Å². The summed E-state index contributed by atoms with van der Waals surface area (Å²) in [4.78, 5) is 2.23. The number of ether oxygens (including phenoxy) is 1. The van der Waals surface area contributed by atoms with Crippen LogP contribution in [0.4, 0.5) is 0 Å². The molecule has 112 valence electrons. The third kappa shape index (κ3) is 6.22. The first-order valence-electron chi connectivity index (χ1n) is 7.23. The van der Waals surface area contributed by atoms with E-state index < -0.39 is 0 Å². The van der Waals surface area contributed by atoms with Gasteiger partial charge >= 0.3 is 0 Å². The molecule has 0 aliphatic carbocycles. The molecule has 3 nitrogen and oxygen atoms in total. The monoisotopic (exact) mass is 276 g/mol. The van der Waals surface area contributed by atoms with Crippen molar-refractivity contribution in [1.82, 2.24) is 10.2 Å². The third-order valence-corrected chi connectivity index (χ3v) is 3.23. The van der Waals surface area contributed by atoms with E-state index in [1.54, 1.807) is 6.08 Å². The van der Waals surface area contributed by atoms with Crippen LogP contribution in [0.3, 0.4) is 0 Å². The molecule has 0 saturated heterocycles. The average Bonchev–Trinajstić information content (AvgIpc) is 2.41. The third-order valence-electron chi connectivity index (χ3n) is 3.23. The maximum Gasteiger partial charge on any atom is 0.119 e. The van der Waals surface area contributed by atoms with E-state index in [4.69, 9.17) is 4.74 Å². The minimum absolute atomic E-state index is 0.502. The molecule has 0 radical (unpaired) electrons. The smallest absolute Gasteiger partial charge is 0.119 e. The van der Waals surface area contributed by atoms with Gasteiger partial charge in [0, 0.05) is 19.1 Å². The predicted molar refractivity (Wildman–Crippen MR) is 86.2 cm³/mol. The van der Waals surface area contributed by atoms with Crippen molar-refractivity contribution in [3.05, 3.63) is 42.5 Å². The Morgan fingerprint density at radius 1 is 1.25 bits per heavy atom. The van der Waals surface area contributed by atoms with Gasteiger partial charge in [0.2, 0.25) is 0 Å². The van der Waals surface area contributed by atoms with Gasteiger partial charge in [-0.15, -0.1) is 0 Å². The second kappa shape index (κ2) is 8.77. The molecule has 1 rings (SSSR count). The Balaban J connectivity index is 2.48. The molecule has 20 heavy (non-hydrogen) atoms. The predicted octanol–water partition coefficient (Wildman–Crippen LogP) is 2.93. The van der Waals surface area contributed by atoms with Crippen LogP contribution < -0.4 is 10.1 Å². The van der Waals surface area contributed by atoms with Gasteiger partial charge in [-0.1, -0.05) is 38.6 Å². The number of likely N-dealkylation sites (N-methyl/N-ethyl adjacent to an activating group) is 1. The molecule has 1 unspecified atom stereocenters. The lowest BCUT2D eigenvalue weighted by Gasteiger charge is -2.25. The molecule has 3 heteroatoms. The topological polar surface area (TPSA) is 24.5 Å². The molecule has 1 N–H and O–H groups in total. The van der Waals surface area contributed by atoms with Crippen molar-refractivity contribution in [2.75, 3.05) is 27.2 Å². The Hall–Kier alpha value is -1.32. The number of hydrogen-bond acceptors (Lipinski definition) is 3. The first kappa shape index (κ1) is 16.7. The van der Waals surface area contributed by atoms with Crippen LogP contribution in [0.5, 0.6) is 5.75 Å². The zero-order valence-electron chi connectivity index (χ0n) is 13.2. The van der Waals surface area contributed by atoms with Crippen molar-refractivity contribution in [2.45, 2.75) is 26.4 Å². The number of nitrogens with one attached hydrogen (secondary N) is 1. The maximum absolute atomic E-state index is 5.48. The van der Waals surface area contributed by atoms with Crippen molar-refractivity contribution in [3.63, 3.8) is 0 Å². The Labute approximate surface area is 123 Å². The van der Waals surface area contributed by atoms with Gasteiger partial charge in [0.25, 0.3) is 0 Å². The van der Waals surface area contributed by atoms with Crippen molar-refractivity contribution in [2.24, 2.45) is 5.92 Å². The summed E-state index contributed by atoms with van der Waals surface area (Å²) in [5.74, 6) is 1.51. The molecule has 0 aliphatic rings. The fraction of sp³-hybridized carbons (Fsp3) is 0.529. The SMILES string of the molecule is C=CCOc1ccc(CNC(CN(C)C)C(C)C)cc1. The van der Waals surface area contributed by atoms with Gasteiger partial charge in [0.05, 0.1) is 0 Å². The fourth-order valence-corrected chi connectivity index (χ4v) is 2.01. The molecule has 0 fully saturated rings. The molecular formula is C17H28N2O. The van der Waals surface area contributed by atoms with Crippen molar-refractivity contribution in [3.8, 4) is 5.75 Å². The highest BCUT2D eigenvalue weighted by atomic mass is 16.5. The van der Waals surface area contributed by atoms with E-state index in [2.05, 4.69) is 56.9 Å². The van der Waals surface area contributed by atoms with Crippen LogP contribution in [0, 0.1) is 5.92 Å². The zero-order valence-corrected chi connectivity index (χ0v) is 13.2. The van der Waals surface area contributed by atoms with Gasteiger partial charge in [-0.25, -0.2) is 0 Å². The van der Waals surface area contributed by atoms with E-state index in [-0.39, 0.29) is 0 Å². The highest BCUT2D eigenvalue weighted by Crippen LogP contribution is 2.13. The van der Waals surface area contributed by atoms with Crippen LogP contribution in [0.25, 0.3) is 0 Å². The van der Waals surface area contributed by atoms with E-state index in [1.807, 2.05) is 12.1 Å². The molecule has 0 spiro atoms. The number of rotatable bonds is 9. The van der Waals surface area contributed by atoms with E-state index in [9.17, 15) is 0 Å². The van der Waals surface area contributed by atoms with E-state index in [0.29, 0.717) is 18.6 Å². The van der Waals surface area contributed by atoms with Gasteiger partial charge in [-0.2, -0.15) is 0 Å². The summed E-state index contributed by atoms with van der Waals surface area (Å²) in [7, 11) is 4.23. The first-order valence-corrected chi connectivity index (χ1v) is 7.23. The Morgan fingerprint density at radius 2 is 1.90 bits per heavy atom. The number of hydrogen-bond donors (Lipinski definition) is 1. The summed E-state index contributed by atoms with van der Waals surface area (Å²) < 4.78 is 5.48. The highest BCUT2D eigenvalue weighted by molar-refractivity contribution is 5.27. The van der Waals surface area contributed by atoms with Gasteiger partial charge in [0.15, 0.2) is 0 Å². The molecule has 0 saturated carbocycles. The Morgan fingerprint density at radius 3 is 2.40 bits per heavy atom. The molecular weight excluding hydrogens is 248 g/mol. The Bertz CT molecular complexity index is 384. The summed E-state index contributed by atoms with van der Waals surface area (Å²) in [6.45, 7) is 10.7. The molecule has 0 aliphatic heterocycles. The average molecular weight is 276 g/mol. The summed E-state index contributed by atoms with van der Waals surface area (Å²) in [6.07, 6.45) is 1.75. The lowest BCUT2D eigenvalue weighted by Crippen LogP contribution is -2.41. The summed E-state index contributed by atoms with van der Waals surface area (Å²) in [5, 5.41) is 3.63. The number of nitrogens with zero attached hydrogens (tertiary/aromatic N) is 1. The summed E-state index contributed by atoms with van der Waals surface area (Å²) >= 11 is 0. The summed E-state index contributed by atoms with van der Waals surface area (Å²) in [6, 6.07) is 8.74. The zero-order chi connectivity index (χ0) is 15.0. The highest BCUT2D eigenvalue weighted by Gasteiger charge is 2.13. The maximum atomic E-state index is 5.48. The van der Waals surface area contributed by atoms with E-state index in [1.165, 1.54) is 5.56 Å². The molecule has 0 amide bonds. The van der Waals surface area contributed by atoms with E-state index >= 15 is 0 Å². The van der Waals surface area contributed by atoms with Crippen LogP contribution in [-0.4, -0.2) is 38.2 Å². The molecule has 0 bridgehead atoms. The molecule has 0 heterocycles. The summed E-state index contributed by atoms with van der Waals surface area (Å²) in [5.41, 5.74) is 1.28. The van der Waals surface area contributed by atoms with Crippen molar-refractivity contribution < 1.29 is 4.74 Å². The molecule has 1 aromatic rings. The molecule has 1 atom stereocenters. The second-order valence-electron chi connectivity index (χ2n) is 5.74. The van der Waals surface area contributed by atoms with Crippen LogP contribution in [0.15, 0.2) is 36.9 Å². The number of benzene rings is 1. The fourth-order valence-electron chi connectivity index (χ4n) is 2.01. The van der Waals surface area contributed by atoms with Crippen LogP contribution >= 0.6 is 0 Å². The van der Waals surface area contributed by atoms with Gasteiger partial charge in [0.1, 0.15) is 12.4 Å². The lowest BCUT2D eigenvalue weighted by molar-refractivity contribution is 0.288. The van der Waals surface area contributed by atoms with Crippen LogP contribution in [0.1, 0.15) is 19.4 Å². The van der Waals surface area contributed by atoms with Gasteiger partial charge in [-0.3, -0.25) is 0 Å². The molecule has 0 aromatic heterocycles. The van der Waals surface area contributed by atoms with Gasteiger partial charge in [-0.05, 0) is 37.7 Å². The quantitative estimate of drug-likeness (QED) is 0.702.